The minimum atomic E-state index is -0.185. The molecule has 2 aromatic rings. The number of benzene rings is 1. The maximum Gasteiger partial charge on any atom is 0.325 e. The number of halogens is 1. The normalized spacial score (nSPS) is 10.6. The standard InChI is InChI=1S/C14H16ClN3O2/c1-9-10(2)18(14(20)16-9)7-6-13(19)17-12-5-3-4-11(15)8-12/h3-5,8H,6-7H2,1-2H3,(H,16,20)(H,17,19). The molecule has 0 aliphatic rings. The van der Waals surface area contributed by atoms with E-state index in [1.54, 1.807) is 28.8 Å². The Bertz CT molecular complexity index is 688. The Morgan fingerprint density at radius 3 is 2.75 bits per heavy atom. The maximum atomic E-state index is 11.8. The van der Waals surface area contributed by atoms with Crippen molar-refractivity contribution in [2.45, 2.75) is 26.8 Å². The topological polar surface area (TPSA) is 66.9 Å². The highest BCUT2D eigenvalue weighted by atomic mass is 35.5. The number of imidazole rings is 1. The fraction of sp³-hybridized carbons (Fsp3) is 0.286. The van der Waals surface area contributed by atoms with E-state index >= 15 is 0 Å². The number of aromatic amines is 1. The Labute approximate surface area is 121 Å². The van der Waals surface area contributed by atoms with Gasteiger partial charge in [0.1, 0.15) is 0 Å². The maximum absolute atomic E-state index is 11.8. The lowest BCUT2D eigenvalue weighted by Gasteiger charge is -2.07. The number of hydrogen-bond acceptors (Lipinski definition) is 2. The molecule has 0 radical (unpaired) electrons. The van der Waals surface area contributed by atoms with Gasteiger partial charge in [0.15, 0.2) is 0 Å². The Kier molecular flexibility index (Phi) is 4.29. The largest absolute Gasteiger partial charge is 0.326 e. The average Bonchev–Trinajstić information content (AvgIpc) is 2.61. The lowest BCUT2D eigenvalue weighted by molar-refractivity contribution is -0.116. The second kappa shape index (κ2) is 5.96. The van der Waals surface area contributed by atoms with E-state index in [0.29, 0.717) is 17.3 Å². The van der Waals surface area contributed by atoms with Crippen LogP contribution in [-0.4, -0.2) is 15.5 Å². The first kappa shape index (κ1) is 14.4. The summed E-state index contributed by atoms with van der Waals surface area (Å²) >= 11 is 5.84. The van der Waals surface area contributed by atoms with Crippen LogP contribution in [-0.2, 0) is 11.3 Å². The van der Waals surface area contributed by atoms with Gasteiger partial charge in [-0.1, -0.05) is 17.7 Å². The zero-order valence-electron chi connectivity index (χ0n) is 11.4. The Hall–Kier alpha value is -2.01. The van der Waals surface area contributed by atoms with Crippen LogP contribution < -0.4 is 11.0 Å². The van der Waals surface area contributed by atoms with Crippen LogP contribution in [0.2, 0.25) is 5.02 Å². The summed E-state index contributed by atoms with van der Waals surface area (Å²) in [5.41, 5.74) is 2.14. The lowest BCUT2D eigenvalue weighted by Crippen LogP contribution is -2.22. The fourth-order valence-electron chi connectivity index (χ4n) is 1.95. The van der Waals surface area contributed by atoms with Crippen molar-refractivity contribution in [2.75, 3.05) is 5.32 Å². The van der Waals surface area contributed by atoms with Crippen molar-refractivity contribution in [3.8, 4) is 0 Å². The summed E-state index contributed by atoms with van der Waals surface area (Å²) in [5.74, 6) is -0.155. The van der Waals surface area contributed by atoms with Gasteiger partial charge in [-0.15, -0.1) is 0 Å². The summed E-state index contributed by atoms with van der Waals surface area (Å²) in [6.45, 7) is 4.03. The molecular formula is C14H16ClN3O2. The van der Waals surface area contributed by atoms with Gasteiger partial charge in [0.2, 0.25) is 5.91 Å². The third-order valence-corrected chi connectivity index (χ3v) is 3.39. The number of amides is 1. The molecule has 20 heavy (non-hydrogen) atoms. The third kappa shape index (κ3) is 3.30. The van der Waals surface area contributed by atoms with Crippen LogP contribution >= 0.6 is 11.6 Å². The molecule has 2 rings (SSSR count). The number of carbonyl (C=O) groups is 1. The minimum absolute atomic E-state index is 0.155. The highest BCUT2D eigenvalue weighted by Gasteiger charge is 2.09. The molecule has 0 saturated heterocycles. The van der Waals surface area contributed by atoms with Crippen LogP contribution in [0.25, 0.3) is 0 Å². The van der Waals surface area contributed by atoms with E-state index in [1.807, 2.05) is 13.8 Å². The molecule has 1 amide bonds. The molecular weight excluding hydrogens is 278 g/mol. The van der Waals surface area contributed by atoms with Crippen molar-refractivity contribution in [1.29, 1.82) is 0 Å². The van der Waals surface area contributed by atoms with E-state index in [-0.39, 0.29) is 18.0 Å². The van der Waals surface area contributed by atoms with Crippen molar-refractivity contribution in [3.05, 3.63) is 51.2 Å². The predicted molar refractivity (Wildman–Crippen MR) is 79.2 cm³/mol. The van der Waals surface area contributed by atoms with Gasteiger partial charge in [0.25, 0.3) is 0 Å². The predicted octanol–water partition coefficient (Wildman–Crippen LogP) is 2.48. The zero-order valence-corrected chi connectivity index (χ0v) is 12.1. The molecule has 0 spiro atoms. The molecule has 1 aromatic heterocycles. The van der Waals surface area contributed by atoms with Gasteiger partial charge in [-0.25, -0.2) is 4.79 Å². The van der Waals surface area contributed by atoms with Gasteiger partial charge in [-0.05, 0) is 32.0 Å². The van der Waals surface area contributed by atoms with Crippen molar-refractivity contribution >= 4 is 23.2 Å². The van der Waals surface area contributed by atoms with Crippen LogP contribution in [0.3, 0.4) is 0 Å². The highest BCUT2D eigenvalue weighted by molar-refractivity contribution is 6.30. The number of nitrogens with zero attached hydrogens (tertiary/aromatic N) is 1. The number of H-pyrrole nitrogens is 1. The number of nitrogens with one attached hydrogen (secondary N) is 2. The molecule has 0 aliphatic carbocycles. The number of rotatable bonds is 4. The molecule has 2 N–H and O–H groups in total. The van der Waals surface area contributed by atoms with Crippen molar-refractivity contribution in [3.63, 3.8) is 0 Å². The van der Waals surface area contributed by atoms with E-state index in [0.717, 1.165) is 11.4 Å². The molecule has 6 heteroatoms. The van der Waals surface area contributed by atoms with Gasteiger partial charge in [0, 0.05) is 35.1 Å². The summed E-state index contributed by atoms with van der Waals surface area (Å²) in [4.78, 5) is 26.2. The van der Waals surface area contributed by atoms with Gasteiger partial charge in [-0.3, -0.25) is 9.36 Å². The molecule has 0 unspecified atom stereocenters. The van der Waals surface area contributed by atoms with E-state index in [4.69, 9.17) is 11.6 Å². The van der Waals surface area contributed by atoms with Crippen molar-refractivity contribution in [1.82, 2.24) is 9.55 Å². The molecule has 106 valence electrons. The smallest absolute Gasteiger partial charge is 0.325 e. The van der Waals surface area contributed by atoms with E-state index in [2.05, 4.69) is 10.3 Å². The van der Waals surface area contributed by atoms with Crippen LogP contribution in [0.1, 0.15) is 17.8 Å². The van der Waals surface area contributed by atoms with Crippen LogP contribution in [0.4, 0.5) is 5.69 Å². The summed E-state index contributed by atoms with van der Waals surface area (Å²) in [5, 5.41) is 3.32. The number of aryl methyl sites for hydroxylation is 1. The zero-order chi connectivity index (χ0) is 14.7. The first-order valence-corrected chi connectivity index (χ1v) is 6.66. The molecule has 1 aromatic carbocycles. The summed E-state index contributed by atoms with van der Waals surface area (Å²) in [6, 6.07) is 6.95. The average molecular weight is 294 g/mol. The fourth-order valence-corrected chi connectivity index (χ4v) is 2.14. The Balaban J connectivity index is 1.97. The first-order valence-electron chi connectivity index (χ1n) is 6.29. The monoisotopic (exact) mass is 293 g/mol. The molecule has 1 heterocycles. The summed E-state index contributed by atoms with van der Waals surface area (Å²) in [6.07, 6.45) is 0.227. The minimum Gasteiger partial charge on any atom is -0.326 e. The molecule has 0 aliphatic heterocycles. The Morgan fingerprint density at radius 1 is 1.40 bits per heavy atom. The van der Waals surface area contributed by atoms with Gasteiger partial charge < -0.3 is 10.3 Å². The number of hydrogen-bond donors (Lipinski definition) is 2. The molecule has 0 fully saturated rings. The van der Waals surface area contributed by atoms with E-state index < -0.39 is 0 Å². The van der Waals surface area contributed by atoms with Crippen molar-refractivity contribution in [2.24, 2.45) is 0 Å². The third-order valence-electron chi connectivity index (χ3n) is 3.16. The van der Waals surface area contributed by atoms with E-state index in [1.165, 1.54) is 0 Å². The number of carbonyl (C=O) groups excluding carboxylic acids is 1. The second-order valence-electron chi connectivity index (χ2n) is 4.60. The van der Waals surface area contributed by atoms with Crippen molar-refractivity contribution < 1.29 is 4.79 Å². The van der Waals surface area contributed by atoms with Gasteiger partial charge in [0.05, 0.1) is 0 Å². The molecule has 0 bridgehead atoms. The number of aromatic nitrogens is 2. The van der Waals surface area contributed by atoms with Crippen LogP contribution in [0.15, 0.2) is 29.1 Å². The molecule has 5 nitrogen and oxygen atoms in total. The van der Waals surface area contributed by atoms with Crippen LogP contribution in [0.5, 0.6) is 0 Å². The second-order valence-corrected chi connectivity index (χ2v) is 5.04. The van der Waals surface area contributed by atoms with Crippen LogP contribution in [0, 0.1) is 13.8 Å². The van der Waals surface area contributed by atoms with E-state index in [9.17, 15) is 9.59 Å². The quantitative estimate of drug-likeness (QED) is 0.909. The number of anilines is 1. The molecule has 0 atom stereocenters. The van der Waals surface area contributed by atoms with Gasteiger partial charge >= 0.3 is 5.69 Å². The summed E-state index contributed by atoms with van der Waals surface area (Å²) < 4.78 is 1.56. The molecule has 0 saturated carbocycles. The first-order chi connectivity index (χ1) is 9.47. The SMILES string of the molecule is Cc1[nH]c(=O)n(CCC(=O)Nc2cccc(Cl)c2)c1C. The van der Waals surface area contributed by atoms with Gasteiger partial charge in [-0.2, -0.15) is 0 Å². The summed E-state index contributed by atoms with van der Waals surface area (Å²) in [7, 11) is 0. The highest BCUT2D eigenvalue weighted by Crippen LogP contribution is 2.15. The Morgan fingerprint density at radius 2 is 2.15 bits per heavy atom. The lowest BCUT2D eigenvalue weighted by atomic mass is 10.3.